The lowest BCUT2D eigenvalue weighted by Crippen LogP contribution is -2.08. The van der Waals surface area contributed by atoms with Gasteiger partial charge >= 0.3 is 0 Å². The Morgan fingerprint density at radius 3 is 2.15 bits per heavy atom. The topological polar surface area (TPSA) is 37.9 Å². The molecule has 10 rings (SSSR count). The van der Waals surface area contributed by atoms with Crippen molar-refractivity contribution in [1.29, 1.82) is 0 Å². The van der Waals surface area contributed by atoms with Gasteiger partial charge in [0.2, 0.25) is 0 Å². The number of allylic oxidation sites excluding steroid dienone is 5. The van der Waals surface area contributed by atoms with Gasteiger partial charge in [0.25, 0.3) is 0 Å². The Labute approximate surface area is 355 Å². The molecular weight excluding hydrogens is 749 g/mol. The van der Waals surface area contributed by atoms with Gasteiger partial charge in [0.05, 0.1) is 5.70 Å². The number of aliphatic imine (C=N–C) groups is 2. The third kappa shape index (κ3) is 7.14. The van der Waals surface area contributed by atoms with Crippen LogP contribution in [0.5, 0.6) is 0 Å². The number of hydrogen-bond donors (Lipinski definition) is 0. The summed E-state index contributed by atoms with van der Waals surface area (Å²) in [5, 5.41) is 4.72. The Bertz CT molecular complexity index is 3210. The van der Waals surface area contributed by atoms with Gasteiger partial charge in [-0.15, -0.1) is 11.3 Å². The number of nitrogens with zero attached hydrogens (tertiary/aromatic N) is 2. The molecule has 0 aliphatic heterocycles. The molecule has 7 aromatic carbocycles. The smallest absolute Gasteiger partial charge is 0.160 e. The number of thiophene rings is 1. The van der Waals surface area contributed by atoms with Crippen LogP contribution < -0.4 is 0 Å². The molecule has 60 heavy (non-hydrogen) atoms. The first-order chi connectivity index (χ1) is 29.6. The van der Waals surface area contributed by atoms with Gasteiger partial charge in [-0.1, -0.05) is 153 Å². The Morgan fingerprint density at radius 1 is 0.617 bits per heavy atom. The zero-order valence-corrected chi connectivity index (χ0v) is 34.7. The van der Waals surface area contributed by atoms with Gasteiger partial charge < -0.3 is 4.42 Å². The van der Waals surface area contributed by atoms with Crippen LogP contribution in [0.2, 0.25) is 0 Å². The summed E-state index contributed by atoms with van der Waals surface area (Å²) in [6, 6.07) is 56.5. The van der Waals surface area contributed by atoms with Crippen LogP contribution in [-0.4, -0.2) is 11.5 Å². The highest BCUT2D eigenvalue weighted by atomic mass is 32.1. The molecule has 0 saturated carbocycles. The van der Waals surface area contributed by atoms with Gasteiger partial charge in [0.15, 0.2) is 5.84 Å². The lowest BCUT2D eigenvalue weighted by atomic mass is 9.86. The maximum absolute atomic E-state index is 6.65. The summed E-state index contributed by atoms with van der Waals surface area (Å²) in [4.78, 5) is 11.3. The van der Waals surface area contributed by atoms with Crippen molar-refractivity contribution in [3.63, 3.8) is 0 Å². The average molecular weight is 793 g/mol. The highest BCUT2D eigenvalue weighted by Crippen LogP contribution is 2.43. The number of benzene rings is 7. The van der Waals surface area contributed by atoms with E-state index < -0.39 is 0 Å². The molecule has 3 nitrogen and oxygen atoms in total. The Morgan fingerprint density at radius 2 is 1.35 bits per heavy atom. The molecule has 2 heterocycles. The molecule has 0 fully saturated rings. The molecule has 0 radical (unpaired) electrons. The molecular formula is C56H44N2OS. The van der Waals surface area contributed by atoms with E-state index >= 15 is 0 Å². The lowest BCUT2D eigenvalue weighted by molar-refractivity contribution is 0.667. The number of para-hydroxylation sites is 2. The summed E-state index contributed by atoms with van der Waals surface area (Å²) in [6.45, 7) is 4.33. The second-order valence-corrected chi connectivity index (χ2v) is 16.5. The molecule has 1 aliphatic carbocycles. The minimum atomic E-state index is 0.655. The number of hydrogen-bond acceptors (Lipinski definition) is 3. The van der Waals surface area contributed by atoms with Crippen LogP contribution in [0, 0.1) is 0 Å². The summed E-state index contributed by atoms with van der Waals surface area (Å²) < 4.78 is 9.22. The SMILES string of the molecule is CCC/C=C(/N=C(\N=C(/C)C1=CCCC=C1)c1cc(-c2ccccc2)cc(-c2ccc3sc4ccccc4c3c2)c1-c1ccccc1)c1cccc2c1oc1ccccc12. The summed E-state index contributed by atoms with van der Waals surface area (Å²) in [5.41, 5.74) is 13.2. The quantitative estimate of drug-likeness (QED) is 0.106. The van der Waals surface area contributed by atoms with Crippen molar-refractivity contribution >= 4 is 70.7 Å². The van der Waals surface area contributed by atoms with Gasteiger partial charge in [-0.2, -0.15) is 0 Å². The van der Waals surface area contributed by atoms with E-state index in [1.807, 2.05) is 23.5 Å². The van der Waals surface area contributed by atoms with E-state index in [4.69, 9.17) is 14.4 Å². The number of furan rings is 1. The Hall–Kier alpha value is -6.88. The standard InChI is InChI=1S/C56H44N2OS/c1-3-4-29-50(46-28-18-27-45-43-25-14-16-30-51(43)59-55(45)46)58-56(57-37(2)38-19-8-5-9-20-38)49-36-42(39-21-10-6-11-22-39)35-47(54(49)40-23-12-7-13-24-40)41-32-33-53-48(34-41)44-26-15-17-31-52(44)60-53/h6-8,10-36H,3-5,9H2,1-2H3/b50-29+,57-37+,58-56-. The van der Waals surface area contributed by atoms with Crippen molar-refractivity contribution in [2.45, 2.75) is 39.5 Å². The number of fused-ring (bicyclic) bond motifs is 6. The van der Waals surface area contributed by atoms with E-state index in [2.05, 4.69) is 184 Å². The fourth-order valence-corrected chi connectivity index (χ4v) is 9.55. The van der Waals surface area contributed by atoms with Crippen molar-refractivity contribution in [3.05, 3.63) is 199 Å². The molecule has 0 spiro atoms. The molecule has 290 valence electrons. The van der Waals surface area contributed by atoms with Crippen LogP contribution in [0.3, 0.4) is 0 Å². The van der Waals surface area contributed by atoms with E-state index in [-0.39, 0.29) is 0 Å². The van der Waals surface area contributed by atoms with Gasteiger partial charge in [-0.25, -0.2) is 9.98 Å². The van der Waals surface area contributed by atoms with Crippen LogP contribution in [0.15, 0.2) is 202 Å². The summed E-state index contributed by atoms with van der Waals surface area (Å²) in [7, 11) is 0. The van der Waals surface area contributed by atoms with Crippen molar-refractivity contribution < 1.29 is 4.42 Å². The van der Waals surface area contributed by atoms with Crippen molar-refractivity contribution in [1.82, 2.24) is 0 Å². The van der Waals surface area contributed by atoms with Crippen molar-refractivity contribution in [2.24, 2.45) is 9.98 Å². The van der Waals surface area contributed by atoms with Crippen LogP contribution in [-0.2, 0) is 0 Å². The fourth-order valence-electron chi connectivity index (χ4n) is 8.46. The monoisotopic (exact) mass is 792 g/mol. The highest BCUT2D eigenvalue weighted by Gasteiger charge is 2.22. The predicted molar refractivity (Wildman–Crippen MR) is 258 cm³/mol. The first-order valence-electron chi connectivity index (χ1n) is 21.0. The van der Waals surface area contributed by atoms with E-state index in [0.717, 1.165) is 109 Å². The molecule has 0 bridgehead atoms. The zero-order valence-electron chi connectivity index (χ0n) is 33.9. The number of rotatable bonds is 9. The lowest BCUT2D eigenvalue weighted by Gasteiger charge is -2.20. The number of unbranched alkanes of at least 4 members (excludes halogenated alkanes) is 1. The molecule has 0 N–H and O–H groups in total. The number of amidine groups is 1. The van der Waals surface area contributed by atoms with Crippen molar-refractivity contribution in [3.8, 4) is 33.4 Å². The maximum atomic E-state index is 6.65. The summed E-state index contributed by atoms with van der Waals surface area (Å²) in [6.07, 6.45) is 12.9. The first kappa shape index (κ1) is 37.4. The van der Waals surface area contributed by atoms with Crippen LogP contribution in [0.1, 0.15) is 50.7 Å². The zero-order chi connectivity index (χ0) is 40.4. The summed E-state index contributed by atoms with van der Waals surface area (Å²) >= 11 is 1.85. The molecule has 9 aromatic rings. The minimum Gasteiger partial charge on any atom is -0.455 e. The second kappa shape index (κ2) is 16.4. The Balaban J connectivity index is 1.30. The normalized spacial score (nSPS) is 13.8. The van der Waals surface area contributed by atoms with Gasteiger partial charge in [0.1, 0.15) is 11.2 Å². The second-order valence-electron chi connectivity index (χ2n) is 15.4. The first-order valence-corrected chi connectivity index (χ1v) is 21.8. The molecule has 4 heteroatoms. The van der Waals surface area contributed by atoms with E-state index in [1.54, 1.807) is 0 Å². The van der Waals surface area contributed by atoms with E-state index in [9.17, 15) is 0 Å². The Kier molecular flexibility index (Phi) is 10.2. The summed E-state index contributed by atoms with van der Waals surface area (Å²) in [5.74, 6) is 0.655. The van der Waals surface area contributed by atoms with Crippen LogP contribution in [0.25, 0.3) is 81.2 Å². The van der Waals surface area contributed by atoms with E-state index in [0.29, 0.717) is 5.84 Å². The average Bonchev–Trinajstić information content (AvgIpc) is 3.89. The molecule has 0 amide bonds. The molecule has 1 aliphatic rings. The van der Waals surface area contributed by atoms with Crippen LogP contribution >= 0.6 is 11.3 Å². The van der Waals surface area contributed by atoms with Gasteiger partial charge in [-0.3, -0.25) is 0 Å². The highest BCUT2D eigenvalue weighted by molar-refractivity contribution is 7.25. The molecule has 2 aromatic heterocycles. The fraction of sp³-hybridized carbons (Fsp3) is 0.107. The molecule has 0 saturated heterocycles. The third-order valence-corrected chi connectivity index (χ3v) is 12.6. The largest absolute Gasteiger partial charge is 0.455 e. The predicted octanol–water partition coefficient (Wildman–Crippen LogP) is 16.3. The minimum absolute atomic E-state index is 0.655. The van der Waals surface area contributed by atoms with E-state index in [1.165, 1.54) is 20.2 Å². The molecule has 0 atom stereocenters. The third-order valence-electron chi connectivity index (χ3n) is 11.5. The van der Waals surface area contributed by atoms with Gasteiger partial charge in [0, 0.05) is 53.3 Å². The van der Waals surface area contributed by atoms with Gasteiger partial charge in [-0.05, 0) is 102 Å². The van der Waals surface area contributed by atoms with Crippen LogP contribution in [0.4, 0.5) is 0 Å². The maximum Gasteiger partial charge on any atom is 0.160 e. The molecule has 0 unspecified atom stereocenters. The van der Waals surface area contributed by atoms with Crippen molar-refractivity contribution in [2.75, 3.05) is 0 Å².